The minimum atomic E-state index is -0.457. The van der Waals surface area contributed by atoms with Crippen LogP contribution in [-0.4, -0.2) is 64.1 Å². The Bertz CT molecular complexity index is 1210. The van der Waals surface area contributed by atoms with Gasteiger partial charge in [-0.1, -0.05) is 42.0 Å². The summed E-state index contributed by atoms with van der Waals surface area (Å²) < 4.78 is 22.1. The van der Waals surface area contributed by atoms with Gasteiger partial charge < -0.3 is 24.3 Å². The maximum atomic E-state index is 11.8. The maximum absolute atomic E-state index is 11.8. The molecule has 4 rings (SSSR count). The first-order chi connectivity index (χ1) is 19.1. The lowest BCUT2D eigenvalue weighted by molar-refractivity contribution is 0.0322. The van der Waals surface area contributed by atoms with Crippen molar-refractivity contribution in [2.75, 3.05) is 53.1 Å². The van der Waals surface area contributed by atoms with Crippen LogP contribution in [-0.2, 0) is 11.2 Å². The van der Waals surface area contributed by atoms with Crippen molar-refractivity contribution in [3.05, 3.63) is 95.1 Å². The highest BCUT2D eigenvalue weighted by Crippen LogP contribution is 2.31. The van der Waals surface area contributed by atoms with E-state index >= 15 is 0 Å². The van der Waals surface area contributed by atoms with E-state index in [1.807, 2.05) is 55.5 Å². The fraction of sp³-hybridized carbons (Fsp3) is 0.344. The van der Waals surface area contributed by atoms with Crippen LogP contribution in [0.15, 0.2) is 78.4 Å². The summed E-state index contributed by atoms with van der Waals surface area (Å²) in [7, 11) is 1.67. The largest absolute Gasteiger partial charge is 0.497 e. The van der Waals surface area contributed by atoms with Gasteiger partial charge in [-0.15, -0.1) is 0 Å². The summed E-state index contributed by atoms with van der Waals surface area (Å²) in [6, 6.07) is 24.1. The summed E-state index contributed by atoms with van der Waals surface area (Å²) in [5.74, 6) is 2.19. The Kier molecular flexibility index (Phi) is 10.4. The van der Waals surface area contributed by atoms with Crippen LogP contribution >= 0.6 is 0 Å². The summed E-state index contributed by atoms with van der Waals surface area (Å²) in [4.78, 5) is 14.2. The molecule has 0 radical (unpaired) electrons. The van der Waals surface area contributed by atoms with E-state index in [9.17, 15) is 4.79 Å². The van der Waals surface area contributed by atoms with E-state index in [1.54, 1.807) is 7.11 Å². The number of morpholine rings is 1. The van der Waals surface area contributed by atoms with Crippen LogP contribution in [0.4, 0.5) is 4.79 Å². The Hall–Kier alpha value is -3.81. The number of nitrogens with one attached hydrogen (secondary N) is 1. The number of methoxy groups -OCH3 is 1. The number of carbonyl (C=O) groups is 1. The number of ether oxygens (including phenoxy) is 4. The molecule has 39 heavy (non-hydrogen) atoms. The van der Waals surface area contributed by atoms with Crippen molar-refractivity contribution >= 4 is 11.7 Å². The van der Waals surface area contributed by atoms with Crippen molar-refractivity contribution in [2.45, 2.75) is 20.3 Å². The molecule has 0 bridgehead atoms. The summed E-state index contributed by atoms with van der Waals surface area (Å²) in [6.45, 7) is 9.55. The first-order valence-corrected chi connectivity index (χ1v) is 13.5. The summed E-state index contributed by atoms with van der Waals surface area (Å²) >= 11 is 0. The lowest BCUT2D eigenvalue weighted by Crippen LogP contribution is -2.38. The van der Waals surface area contributed by atoms with E-state index in [2.05, 4.69) is 41.4 Å². The molecule has 0 unspecified atom stereocenters. The van der Waals surface area contributed by atoms with Crippen molar-refractivity contribution in [3.8, 4) is 17.2 Å². The monoisotopic (exact) mass is 530 g/mol. The van der Waals surface area contributed by atoms with Gasteiger partial charge in [0.05, 0.1) is 20.3 Å². The molecule has 1 N–H and O–H groups in total. The number of nitrogens with zero attached hydrogens (tertiary/aromatic N) is 1. The predicted octanol–water partition coefficient (Wildman–Crippen LogP) is 5.58. The zero-order chi connectivity index (χ0) is 27.5. The van der Waals surface area contributed by atoms with Crippen molar-refractivity contribution in [3.63, 3.8) is 0 Å². The number of carbonyl (C=O) groups excluding carboxylic acids is 1. The van der Waals surface area contributed by atoms with E-state index in [4.69, 9.17) is 18.9 Å². The lowest BCUT2D eigenvalue weighted by Gasteiger charge is -2.26. The third-order valence-electron chi connectivity index (χ3n) is 6.65. The van der Waals surface area contributed by atoms with Crippen molar-refractivity contribution < 1.29 is 23.7 Å². The van der Waals surface area contributed by atoms with Crippen molar-refractivity contribution in [1.29, 1.82) is 0 Å². The predicted molar refractivity (Wildman–Crippen MR) is 154 cm³/mol. The van der Waals surface area contributed by atoms with Gasteiger partial charge in [0.2, 0.25) is 0 Å². The molecule has 1 aliphatic heterocycles. The van der Waals surface area contributed by atoms with Gasteiger partial charge in [-0.25, -0.2) is 4.79 Å². The van der Waals surface area contributed by atoms with Crippen LogP contribution in [0.1, 0.15) is 30.5 Å². The highest BCUT2D eigenvalue weighted by Gasteiger charge is 2.13. The van der Waals surface area contributed by atoms with E-state index in [0.29, 0.717) is 18.9 Å². The average Bonchev–Trinajstić information content (AvgIpc) is 2.96. The minimum absolute atomic E-state index is 0.457. The first kappa shape index (κ1) is 28.2. The quantitative estimate of drug-likeness (QED) is 0.349. The third-order valence-corrected chi connectivity index (χ3v) is 6.65. The fourth-order valence-electron chi connectivity index (χ4n) is 4.61. The summed E-state index contributed by atoms with van der Waals surface area (Å²) in [6.07, 6.45) is 0.329. The van der Waals surface area contributed by atoms with Gasteiger partial charge in [0.25, 0.3) is 0 Å². The average molecular weight is 531 g/mol. The second kappa shape index (κ2) is 14.4. The summed E-state index contributed by atoms with van der Waals surface area (Å²) in [5.41, 5.74) is 5.70. The molecule has 7 nitrogen and oxygen atoms in total. The Morgan fingerprint density at radius 3 is 2.05 bits per heavy atom. The smallest absolute Gasteiger partial charge is 0.412 e. The molecule has 0 aromatic heterocycles. The van der Waals surface area contributed by atoms with E-state index in [0.717, 1.165) is 67.5 Å². The van der Waals surface area contributed by atoms with E-state index in [-0.39, 0.29) is 0 Å². The molecule has 3 aromatic carbocycles. The van der Waals surface area contributed by atoms with Crippen LogP contribution in [0, 0.1) is 0 Å². The lowest BCUT2D eigenvalue weighted by atomic mass is 9.90. The van der Waals surface area contributed by atoms with Crippen molar-refractivity contribution in [1.82, 2.24) is 10.2 Å². The van der Waals surface area contributed by atoms with Crippen molar-refractivity contribution in [2.24, 2.45) is 0 Å². The first-order valence-electron chi connectivity index (χ1n) is 13.5. The molecule has 0 saturated carbocycles. The maximum Gasteiger partial charge on any atom is 0.412 e. The van der Waals surface area contributed by atoms with Gasteiger partial charge in [-0.2, -0.15) is 0 Å². The molecular weight excluding hydrogens is 492 g/mol. The van der Waals surface area contributed by atoms with Crippen LogP contribution < -0.4 is 19.5 Å². The normalized spacial score (nSPS) is 14.3. The molecule has 3 aromatic rings. The molecule has 1 saturated heterocycles. The highest BCUT2D eigenvalue weighted by atomic mass is 16.6. The molecule has 0 atom stereocenters. The third kappa shape index (κ3) is 8.34. The molecule has 7 heteroatoms. The highest BCUT2D eigenvalue weighted by molar-refractivity contribution is 5.82. The molecule has 1 aliphatic rings. The number of rotatable bonds is 11. The Morgan fingerprint density at radius 1 is 0.872 bits per heavy atom. The van der Waals surface area contributed by atoms with Crippen LogP contribution in [0.3, 0.4) is 0 Å². The summed E-state index contributed by atoms with van der Waals surface area (Å²) in [5, 5.41) is 2.65. The Balaban J connectivity index is 1.53. The standard InChI is InChI=1S/C32H38N2O5/c1-4-33-32(35)39-30-15-9-27(10-16-30)31(24(2)23-25-5-11-28(36-3)12-6-25)26-7-13-29(14-8-26)38-22-19-34-17-20-37-21-18-34/h5-16H,4,17-23H2,1-3H3,(H,33,35)/b31-24-. The van der Waals surface area contributed by atoms with E-state index in [1.165, 1.54) is 11.1 Å². The van der Waals surface area contributed by atoms with Crippen LogP contribution in [0.2, 0.25) is 0 Å². The number of hydrogen-bond donors (Lipinski definition) is 1. The molecule has 1 fully saturated rings. The van der Waals surface area contributed by atoms with E-state index < -0.39 is 6.09 Å². The van der Waals surface area contributed by atoms with Gasteiger partial charge in [0.1, 0.15) is 23.9 Å². The van der Waals surface area contributed by atoms with Gasteiger partial charge in [-0.05, 0) is 78.9 Å². The minimum Gasteiger partial charge on any atom is -0.497 e. The molecule has 0 aliphatic carbocycles. The zero-order valence-corrected chi connectivity index (χ0v) is 23.1. The molecule has 0 spiro atoms. The number of allylic oxidation sites excluding steroid dienone is 1. The molecule has 206 valence electrons. The number of benzene rings is 3. The van der Waals surface area contributed by atoms with Gasteiger partial charge >= 0.3 is 6.09 Å². The Labute approximate surface area is 231 Å². The second-order valence-electron chi connectivity index (χ2n) is 9.45. The fourth-order valence-corrected chi connectivity index (χ4v) is 4.61. The topological polar surface area (TPSA) is 69.3 Å². The van der Waals surface area contributed by atoms with Crippen LogP contribution in [0.25, 0.3) is 5.57 Å². The Morgan fingerprint density at radius 2 is 1.46 bits per heavy atom. The van der Waals surface area contributed by atoms with Gasteiger partial charge in [0.15, 0.2) is 0 Å². The van der Waals surface area contributed by atoms with Gasteiger partial charge in [0, 0.05) is 26.2 Å². The number of amides is 1. The van der Waals surface area contributed by atoms with Crippen LogP contribution in [0.5, 0.6) is 17.2 Å². The number of hydrogen-bond acceptors (Lipinski definition) is 6. The molecular formula is C32H38N2O5. The zero-order valence-electron chi connectivity index (χ0n) is 23.1. The SMILES string of the molecule is CCNC(=O)Oc1ccc(/C(=C(/C)Cc2ccc(OC)cc2)c2ccc(OCCN3CCOCC3)cc2)cc1. The van der Waals surface area contributed by atoms with Gasteiger partial charge in [-0.3, -0.25) is 4.90 Å². The second-order valence-corrected chi connectivity index (χ2v) is 9.45. The molecule has 1 amide bonds. The molecule has 1 heterocycles.